The molecule has 0 bridgehead atoms. The molecule has 1 N–H and O–H groups in total. The number of ether oxygens (including phenoxy) is 1. The van der Waals surface area contributed by atoms with E-state index in [-0.39, 0.29) is 12.0 Å². The second-order valence-corrected chi connectivity index (χ2v) is 6.43. The molecule has 0 radical (unpaired) electrons. The van der Waals surface area contributed by atoms with E-state index in [0.29, 0.717) is 12.5 Å². The lowest BCUT2D eigenvalue weighted by Gasteiger charge is -2.32. The van der Waals surface area contributed by atoms with Crippen LogP contribution >= 0.6 is 0 Å². The molecule has 0 spiro atoms. The summed E-state index contributed by atoms with van der Waals surface area (Å²) in [5.41, 5.74) is 1.15. The molecule has 0 aliphatic carbocycles. The highest BCUT2D eigenvalue weighted by Gasteiger charge is 2.37. The number of benzene rings is 1. The highest BCUT2D eigenvalue weighted by atomic mass is 16.5. The van der Waals surface area contributed by atoms with Crippen LogP contribution in [0.25, 0.3) is 0 Å². The number of rotatable bonds is 2. The van der Waals surface area contributed by atoms with Crippen molar-refractivity contribution < 1.29 is 9.53 Å². The minimum absolute atomic E-state index is 0.161. The van der Waals surface area contributed by atoms with E-state index in [9.17, 15) is 4.79 Å². The van der Waals surface area contributed by atoms with Gasteiger partial charge in [-0.3, -0.25) is 9.69 Å². The van der Waals surface area contributed by atoms with Gasteiger partial charge in [0.2, 0.25) is 0 Å². The fourth-order valence-electron chi connectivity index (χ4n) is 3.81. The largest absolute Gasteiger partial charge is 0.480 e. The molecule has 3 heterocycles. The molecule has 3 aliphatic heterocycles. The summed E-state index contributed by atoms with van der Waals surface area (Å²) in [6.07, 6.45) is 1.48. The maximum atomic E-state index is 12.7. The Balaban J connectivity index is 1.36. The van der Waals surface area contributed by atoms with Crippen LogP contribution in [-0.4, -0.2) is 67.1 Å². The number of fused-ring (bicyclic) bond motifs is 1. The second-order valence-electron chi connectivity index (χ2n) is 6.43. The monoisotopic (exact) mass is 301 g/mol. The van der Waals surface area contributed by atoms with E-state index < -0.39 is 0 Å². The summed E-state index contributed by atoms with van der Waals surface area (Å²) in [6, 6.07) is 8.49. The van der Waals surface area contributed by atoms with Gasteiger partial charge in [0.05, 0.1) is 0 Å². The van der Waals surface area contributed by atoms with E-state index >= 15 is 0 Å². The van der Waals surface area contributed by atoms with Gasteiger partial charge in [0, 0.05) is 51.7 Å². The standard InChI is InChI=1S/C17H23N3O2/c21-17(16-11-13-3-1-2-4-15(13)22-16)20-8-5-14(12-20)19-9-6-18-7-10-19/h1-4,14,16,18H,5-12H2. The maximum absolute atomic E-state index is 12.7. The van der Waals surface area contributed by atoms with Crippen molar-refractivity contribution in [3.63, 3.8) is 0 Å². The molecule has 1 aromatic carbocycles. The number of carbonyl (C=O) groups is 1. The van der Waals surface area contributed by atoms with Gasteiger partial charge in [-0.25, -0.2) is 0 Å². The number of hydrogen-bond donors (Lipinski definition) is 1. The van der Waals surface area contributed by atoms with Crippen LogP contribution in [0.4, 0.5) is 0 Å². The summed E-state index contributed by atoms with van der Waals surface area (Å²) in [5, 5.41) is 3.38. The van der Waals surface area contributed by atoms with Crippen molar-refractivity contribution in [1.82, 2.24) is 15.1 Å². The Labute approximate surface area is 131 Å². The molecule has 2 fully saturated rings. The highest BCUT2D eigenvalue weighted by Crippen LogP contribution is 2.29. The third kappa shape index (κ3) is 2.59. The highest BCUT2D eigenvalue weighted by molar-refractivity contribution is 5.83. The smallest absolute Gasteiger partial charge is 0.264 e. The molecular formula is C17H23N3O2. The Kier molecular flexibility index (Phi) is 3.76. The average Bonchev–Trinajstić information content (AvgIpc) is 3.22. The molecule has 2 unspecified atom stereocenters. The van der Waals surface area contributed by atoms with Crippen molar-refractivity contribution in [2.45, 2.75) is 25.0 Å². The lowest BCUT2D eigenvalue weighted by atomic mass is 10.1. The van der Waals surface area contributed by atoms with E-state index in [1.165, 1.54) is 0 Å². The first kappa shape index (κ1) is 14.0. The van der Waals surface area contributed by atoms with Crippen molar-refractivity contribution in [1.29, 1.82) is 0 Å². The van der Waals surface area contributed by atoms with Crippen molar-refractivity contribution in [2.75, 3.05) is 39.3 Å². The van der Waals surface area contributed by atoms with Crippen LogP contribution in [0.1, 0.15) is 12.0 Å². The molecule has 22 heavy (non-hydrogen) atoms. The number of nitrogens with one attached hydrogen (secondary N) is 1. The van der Waals surface area contributed by atoms with Crippen LogP contribution in [0.15, 0.2) is 24.3 Å². The lowest BCUT2D eigenvalue weighted by molar-refractivity contribution is -0.137. The quantitative estimate of drug-likeness (QED) is 0.864. The van der Waals surface area contributed by atoms with E-state index in [1.807, 2.05) is 23.1 Å². The first-order valence-corrected chi connectivity index (χ1v) is 8.29. The number of para-hydroxylation sites is 1. The zero-order chi connectivity index (χ0) is 14.9. The van der Waals surface area contributed by atoms with Gasteiger partial charge in [-0.1, -0.05) is 18.2 Å². The van der Waals surface area contributed by atoms with E-state index in [2.05, 4.69) is 16.3 Å². The Morgan fingerprint density at radius 3 is 2.82 bits per heavy atom. The Morgan fingerprint density at radius 2 is 2.00 bits per heavy atom. The van der Waals surface area contributed by atoms with Gasteiger partial charge in [-0.2, -0.15) is 0 Å². The summed E-state index contributed by atoms with van der Waals surface area (Å²) in [7, 11) is 0. The topological polar surface area (TPSA) is 44.8 Å². The summed E-state index contributed by atoms with van der Waals surface area (Å²) in [4.78, 5) is 17.2. The molecule has 2 saturated heterocycles. The SMILES string of the molecule is O=C(C1Cc2ccccc2O1)N1CCC(N2CCNCC2)C1. The fourth-order valence-corrected chi connectivity index (χ4v) is 3.81. The van der Waals surface area contributed by atoms with Crippen LogP contribution in [0.3, 0.4) is 0 Å². The summed E-state index contributed by atoms with van der Waals surface area (Å²) < 4.78 is 5.85. The molecule has 3 aliphatic rings. The summed E-state index contributed by atoms with van der Waals surface area (Å²) in [5.74, 6) is 1.03. The molecule has 1 aromatic rings. The van der Waals surface area contributed by atoms with Crippen molar-refractivity contribution in [3.05, 3.63) is 29.8 Å². The van der Waals surface area contributed by atoms with Gasteiger partial charge in [0.1, 0.15) is 5.75 Å². The predicted octanol–water partition coefficient (Wildman–Crippen LogP) is 0.496. The van der Waals surface area contributed by atoms with Gasteiger partial charge in [-0.15, -0.1) is 0 Å². The van der Waals surface area contributed by atoms with Gasteiger partial charge < -0.3 is 15.0 Å². The molecule has 5 nitrogen and oxygen atoms in total. The Hall–Kier alpha value is -1.59. The van der Waals surface area contributed by atoms with Crippen molar-refractivity contribution in [2.24, 2.45) is 0 Å². The van der Waals surface area contributed by atoms with E-state index in [4.69, 9.17) is 4.74 Å². The Morgan fingerprint density at radius 1 is 1.18 bits per heavy atom. The van der Waals surface area contributed by atoms with E-state index in [1.54, 1.807) is 0 Å². The third-order valence-electron chi connectivity index (χ3n) is 5.07. The first-order chi connectivity index (χ1) is 10.8. The number of likely N-dealkylation sites (tertiary alicyclic amines) is 1. The molecule has 4 rings (SSSR count). The minimum Gasteiger partial charge on any atom is -0.480 e. The average molecular weight is 301 g/mol. The number of piperazine rings is 1. The molecule has 118 valence electrons. The van der Waals surface area contributed by atoms with Gasteiger partial charge in [0.15, 0.2) is 6.10 Å². The predicted molar refractivity (Wildman–Crippen MR) is 84.0 cm³/mol. The normalized spacial score (nSPS) is 28.5. The van der Waals surface area contributed by atoms with Gasteiger partial charge in [-0.05, 0) is 18.1 Å². The van der Waals surface area contributed by atoms with Crippen LogP contribution in [0.5, 0.6) is 5.75 Å². The Bertz CT molecular complexity index is 532. The number of nitrogens with zero attached hydrogens (tertiary/aromatic N) is 2. The molecular weight excluding hydrogens is 278 g/mol. The third-order valence-corrected chi connectivity index (χ3v) is 5.07. The summed E-state index contributed by atoms with van der Waals surface area (Å²) in [6.45, 7) is 6.03. The van der Waals surface area contributed by atoms with Crippen LogP contribution in [-0.2, 0) is 11.2 Å². The molecule has 0 saturated carbocycles. The second kappa shape index (κ2) is 5.89. The summed E-state index contributed by atoms with van der Waals surface area (Å²) >= 11 is 0. The van der Waals surface area contributed by atoms with Crippen molar-refractivity contribution in [3.8, 4) is 5.75 Å². The first-order valence-electron chi connectivity index (χ1n) is 8.29. The molecule has 5 heteroatoms. The van der Waals surface area contributed by atoms with E-state index in [0.717, 1.165) is 57.0 Å². The van der Waals surface area contributed by atoms with Gasteiger partial charge in [0.25, 0.3) is 5.91 Å². The molecule has 0 aromatic heterocycles. The van der Waals surface area contributed by atoms with Crippen LogP contribution in [0.2, 0.25) is 0 Å². The molecule has 2 atom stereocenters. The number of hydrogen-bond acceptors (Lipinski definition) is 4. The zero-order valence-corrected chi connectivity index (χ0v) is 12.8. The maximum Gasteiger partial charge on any atom is 0.264 e. The number of amides is 1. The zero-order valence-electron chi connectivity index (χ0n) is 12.8. The minimum atomic E-state index is -0.320. The fraction of sp³-hybridized carbons (Fsp3) is 0.588. The van der Waals surface area contributed by atoms with Gasteiger partial charge >= 0.3 is 0 Å². The number of carbonyl (C=O) groups excluding carboxylic acids is 1. The van der Waals surface area contributed by atoms with Crippen LogP contribution in [0, 0.1) is 0 Å². The lowest BCUT2D eigenvalue weighted by Crippen LogP contribution is -2.50. The van der Waals surface area contributed by atoms with Crippen molar-refractivity contribution >= 4 is 5.91 Å². The van der Waals surface area contributed by atoms with Crippen LogP contribution < -0.4 is 10.1 Å². The molecule has 1 amide bonds.